The Morgan fingerprint density at radius 3 is 1.78 bits per heavy atom. The van der Waals surface area contributed by atoms with Gasteiger partial charge in [-0.25, -0.2) is 0 Å². The van der Waals surface area contributed by atoms with Gasteiger partial charge in [-0.1, -0.05) is 116 Å². The van der Waals surface area contributed by atoms with Crippen molar-refractivity contribution >= 4 is 5.70 Å². The van der Waals surface area contributed by atoms with Gasteiger partial charge in [-0.05, 0) is 49.9 Å². The topological polar surface area (TPSA) is 18.5 Å². The monoisotopic (exact) mass is 635 g/mol. The molecule has 2 aliphatic rings. The van der Waals surface area contributed by atoms with Crippen molar-refractivity contribution in [2.45, 2.75) is 91.9 Å². The molecule has 6 heteroatoms. The average Bonchev–Trinajstić information content (AvgIpc) is 3.22. The normalized spacial score (nSPS) is 15.8. The SMILES string of the molecule is CCCCCCCCCCCCN1C=C(c2ccccc2)N(C)N1.C[C]1[CH][CH][C](C(C)C)[CH][CH]1.[Cl-].[Cl-].[Ru+2]. The summed E-state index contributed by atoms with van der Waals surface area (Å²) in [7, 11) is 2.08. The number of hydrazine groups is 2. The maximum Gasteiger partial charge on any atom is 2.00 e. The van der Waals surface area contributed by atoms with Gasteiger partial charge in [-0.15, -0.1) is 5.53 Å². The van der Waals surface area contributed by atoms with Crippen LogP contribution in [0.15, 0.2) is 36.5 Å². The van der Waals surface area contributed by atoms with E-state index in [0.29, 0.717) is 5.92 Å². The fourth-order valence-corrected chi connectivity index (χ4v) is 4.22. The molecule has 210 valence electrons. The van der Waals surface area contributed by atoms with Crippen molar-refractivity contribution in [2.75, 3.05) is 13.6 Å². The number of rotatable bonds is 13. The van der Waals surface area contributed by atoms with Crippen LogP contribution in [0.2, 0.25) is 0 Å². The van der Waals surface area contributed by atoms with Gasteiger partial charge in [-0.3, -0.25) is 10.0 Å². The maximum atomic E-state index is 3.41. The first kappa shape index (κ1) is 38.9. The molecule has 37 heavy (non-hydrogen) atoms. The van der Waals surface area contributed by atoms with Gasteiger partial charge in [0.05, 0.1) is 5.70 Å². The Morgan fingerprint density at radius 1 is 0.757 bits per heavy atom. The number of unbranched alkanes of at least 4 members (excludes halogenated alkanes) is 9. The van der Waals surface area contributed by atoms with Crippen LogP contribution in [-0.4, -0.2) is 23.6 Å². The molecule has 0 aromatic heterocycles. The third-order valence-electron chi connectivity index (χ3n) is 6.48. The zero-order chi connectivity index (χ0) is 24.6. The van der Waals surface area contributed by atoms with E-state index in [4.69, 9.17) is 0 Å². The minimum atomic E-state index is 0. The second-order valence-electron chi connectivity index (χ2n) is 9.98. The Kier molecular flexibility index (Phi) is 24.8. The molecule has 1 aliphatic carbocycles. The number of hydrogen-bond acceptors (Lipinski definition) is 3. The molecule has 0 saturated heterocycles. The van der Waals surface area contributed by atoms with Crippen molar-refractivity contribution < 1.29 is 44.3 Å². The summed E-state index contributed by atoms with van der Waals surface area (Å²) in [5.41, 5.74) is 5.91. The third-order valence-corrected chi connectivity index (χ3v) is 6.48. The quantitative estimate of drug-likeness (QED) is 0.265. The van der Waals surface area contributed by atoms with E-state index < -0.39 is 0 Å². The Balaban J connectivity index is 0. The molecule has 3 rings (SSSR count). The van der Waals surface area contributed by atoms with E-state index in [-0.39, 0.29) is 44.3 Å². The average molecular weight is 636 g/mol. The summed E-state index contributed by atoms with van der Waals surface area (Å²) >= 11 is 0. The van der Waals surface area contributed by atoms with Crippen LogP contribution in [-0.2, 0) is 19.5 Å². The Bertz CT molecular complexity index is 664. The first-order valence-corrected chi connectivity index (χ1v) is 13.6. The van der Waals surface area contributed by atoms with E-state index in [0.717, 1.165) is 6.54 Å². The third kappa shape index (κ3) is 16.4. The smallest absolute Gasteiger partial charge is 1.00 e. The molecule has 0 amide bonds. The second kappa shape index (κ2) is 23.6. The van der Waals surface area contributed by atoms with Gasteiger partial charge in [0, 0.05) is 25.4 Å². The van der Waals surface area contributed by atoms with Gasteiger partial charge in [0.1, 0.15) is 0 Å². The minimum absolute atomic E-state index is 0. The van der Waals surface area contributed by atoms with Crippen molar-refractivity contribution in [1.29, 1.82) is 0 Å². The largest absolute Gasteiger partial charge is 2.00 e. The van der Waals surface area contributed by atoms with Crippen LogP contribution in [0.4, 0.5) is 0 Å². The first-order valence-electron chi connectivity index (χ1n) is 13.6. The predicted molar refractivity (Wildman–Crippen MR) is 148 cm³/mol. The summed E-state index contributed by atoms with van der Waals surface area (Å²) in [4.78, 5) is 0. The zero-order valence-electron chi connectivity index (χ0n) is 23.6. The molecule has 1 aromatic carbocycles. The Morgan fingerprint density at radius 2 is 1.27 bits per heavy atom. The summed E-state index contributed by atoms with van der Waals surface area (Å²) in [6, 6.07) is 10.6. The van der Waals surface area contributed by atoms with Gasteiger partial charge in [0.2, 0.25) is 0 Å². The van der Waals surface area contributed by atoms with Crippen LogP contribution >= 0.6 is 0 Å². The zero-order valence-corrected chi connectivity index (χ0v) is 26.9. The molecule has 1 aliphatic heterocycles. The Hall–Kier alpha value is -0.277. The van der Waals surface area contributed by atoms with Crippen LogP contribution in [0.3, 0.4) is 0 Å². The first-order chi connectivity index (χ1) is 16.5. The number of hydrogen-bond donors (Lipinski definition) is 1. The summed E-state index contributed by atoms with van der Waals surface area (Å²) < 4.78 is 0. The van der Waals surface area contributed by atoms with Crippen LogP contribution in [0.5, 0.6) is 0 Å². The molecule has 6 radical (unpaired) electrons. The summed E-state index contributed by atoms with van der Waals surface area (Å²) in [6.45, 7) is 9.90. The Labute approximate surface area is 255 Å². The number of benzene rings is 1. The molecule has 0 spiro atoms. The van der Waals surface area contributed by atoms with E-state index >= 15 is 0 Å². The number of nitrogens with one attached hydrogen (secondary N) is 1. The van der Waals surface area contributed by atoms with Crippen molar-refractivity contribution in [3.63, 3.8) is 0 Å². The van der Waals surface area contributed by atoms with E-state index in [9.17, 15) is 0 Å². The van der Waals surface area contributed by atoms with Crippen molar-refractivity contribution in [3.05, 3.63) is 79.6 Å². The predicted octanol–water partition coefficient (Wildman–Crippen LogP) is 2.22. The molecule has 0 bridgehead atoms. The van der Waals surface area contributed by atoms with Crippen molar-refractivity contribution in [1.82, 2.24) is 15.6 Å². The number of halogens is 2. The summed E-state index contributed by atoms with van der Waals surface area (Å²) in [6.07, 6.45) is 24.8. The van der Waals surface area contributed by atoms with Crippen LogP contribution in [0.25, 0.3) is 5.70 Å². The fourth-order valence-electron chi connectivity index (χ4n) is 4.22. The van der Waals surface area contributed by atoms with Gasteiger partial charge < -0.3 is 24.8 Å². The summed E-state index contributed by atoms with van der Waals surface area (Å²) in [5.74, 6) is 3.41. The molecule has 1 N–H and O–H groups in total. The number of nitrogens with zero attached hydrogens (tertiary/aromatic N) is 2. The molecular formula is C31H49Cl2N3Ru. The molecular weight excluding hydrogens is 586 g/mol. The van der Waals surface area contributed by atoms with Crippen LogP contribution in [0, 0.1) is 43.4 Å². The molecule has 1 saturated carbocycles. The van der Waals surface area contributed by atoms with E-state index in [2.05, 4.69) is 113 Å². The molecule has 1 fully saturated rings. The minimum Gasteiger partial charge on any atom is -1.00 e. The van der Waals surface area contributed by atoms with E-state index in [1.54, 1.807) is 0 Å². The molecule has 1 aromatic rings. The maximum absolute atomic E-state index is 3.41. The fraction of sp³-hybridized carbons (Fsp3) is 0.548. The van der Waals surface area contributed by atoms with Crippen molar-refractivity contribution in [3.8, 4) is 0 Å². The molecule has 3 nitrogen and oxygen atoms in total. The van der Waals surface area contributed by atoms with Crippen molar-refractivity contribution in [2.24, 2.45) is 5.92 Å². The van der Waals surface area contributed by atoms with Gasteiger partial charge in [0.15, 0.2) is 0 Å². The van der Waals surface area contributed by atoms with Gasteiger partial charge >= 0.3 is 19.5 Å². The van der Waals surface area contributed by atoms with E-state index in [1.807, 2.05) is 0 Å². The second-order valence-corrected chi connectivity index (χ2v) is 9.98. The van der Waals surface area contributed by atoms with Crippen LogP contribution < -0.4 is 30.3 Å². The van der Waals surface area contributed by atoms with Gasteiger partial charge in [0.25, 0.3) is 0 Å². The summed E-state index contributed by atoms with van der Waals surface area (Å²) in [5, 5.41) is 4.32. The van der Waals surface area contributed by atoms with Gasteiger partial charge in [-0.2, -0.15) is 0 Å². The standard InChI is InChI=1S/C21H35N3.C10H14.2ClH.Ru/c1-3-4-5-6-7-8-9-10-11-15-18-24-19-21(23(2)22-24)20-16-13-12-14-17-20;1-8(2)10-6-4-9(3)5-7-10;;;/h12-14,16-17,19,22H,3-11,15,18H2,1-2H3;4-8H,1-3H3;2*1H;/q;;;;+2/p-2. The molecule has 1 heterocycles. The van der Waals surface area contributed by atoms with E-state index in [1.165, 1.54) is 87.3 Å². The van der Waals surface area contributed by atoms with Crippen LogP contribution in [0.1, 0.15) is 97.5 Å². The molecule has 0 atom stereocenters. The molecule has 0 unspecified atom stereocenters.